The molecule has 1 N–H and O–H groups in total. The van der Waals surface area contributed by atoms with Crippen LogP contribution in [0.1, 0.15) is 38.6 Å². The molecular formula is C26H32O5P2. The summed E-state index contributed by atoms with van der Waals surface area (Å²) in [4.78, 5) is 0. The first-order valence-electron chi connectivity index (χ1n) is 11.2. The van der Waals surface area contributed by atoms with Crippen LogP contribution in [0.5, 0.6) is 0 Å². The summed E-state index contributed by atoms with van der Waals surface area (Å²) < 4.78 is 41.1. The summed E-state index contributed by atoms with van der Waals surface area (Å²) in [6, 6.07) is 26.4. The molecule has 0 aliphatic carbocycles. The van der Waals surface area contributed by atoms with Crippen molar-refractivity contribution < 1.29 is 23.3 Å². The van der Waals surface area contributed by atoms with Crippen molar-refractivity contribution in [3.05, 3.63) is 96.6 Å². The van der Waals surface area contributed by atoms with Crippen LogP contribution in [0.25, 0.3) is 0 Å². The third kappa shape index (κ3) is 5.93. The molecule has 0 aromatic heterocycles. The Kier molecular flexibility index (Phi) is 8.87. The van der Waals surface area contributed by atoms with Crippen LogP contribution in [0.15, 0.2) is 91.0 Å². The zero-order chi connectivity index (χ0) is 23.9. The first-order chi connectivity index (χ1) is 15.8. The van der Waals surface area contributed by atoms with Gasteiger partial charge >= 0.3 is 0 Å². The molecule has 0 aliphatic rings. The van der Waals surface area contributed by atoms with E-state index in [9.17, 15) is 14.2 Å². The highest BCUT2D eigenvalue weighted by atomic mass is 31.2. The Balaban J connectivity index is 2.14. The average Bonchev–Trinajstić information content (AvgIpc) is 2.84. The quantitative estimate of drug-likeness (QED) is 0.322. The number of aliphatic hydroxyl groups excluding tert-OH is 1. The minimum atomic E-state index is -3.93. The molecule has 0 amide bonds. The molecule has 0 saturated heterocycles. The van der Waals surface area contributed by atoms with E-state index in [1.54, 1.807) is 79.7 Å². The molecule has 0 radical (unpaired) electrons. The number of aliphatic hydroxyl groups is 1. The van der Waals surface area contributed by atoms with E-state index >= 15 is 0 Å². The Hall–Kier alpha value is -2.00. The molecule has 0 fully saturated rings. The van der Waals surface area contributed by atoms with Crippen LogP contribution in [0.4, 0.5) is 0 Å². The molecule has 4 atom stereocenters. The van der Waals surface area contributed by atoms with E-state index in [2.05, 4.69) is 0 Å². The van der Waals surface area contributed by atoms with Gasteiger partial charge in [0.15, 0.2) is 5.85 Å². The van der Waals surface area contributed by atoms with E-state index < -0.39 is 26.4 Å². The van der Waals surface area contributed by atoms with Gasteiger partial charge < -0.3 is 14.2 Å². The van der Waals surface area contributed by atoms with Crippen LogP contribution in [-0.2, 0) is 18.2 Å². The Morgan fingerprint density at radius 2 is 1.21 bits per heavy atom. The summed E-state index contributed by atoms with van der Waals surface area (Å²) in [5.74, 6) is -2.32. The summed E-state index contributed by atoms with van der Waals surface area (Å²) in [5.41, 5.74) is 0.471. The summed E-state index contributed by atoms with van der Waals surface area (Å²) in [6.07, 6.45) is 0.352. The number of benzene rings is 3. The van der Waals surface area contributed by atoms with Gasteiger partial charge in [-0.05, 0) is 49.1 Å². The SMILES string of the molecule is CCO[P@](=O)(c1ccccc1)[C@H](CC(C)C)O[P@](=O)(c1ccccc1)[C@@H](O)c1ccccc1. The maximum Gasteiger partial charge on any atom is 0.264 e. The van der Waals surface area contributed by atoms with Gasteiger partial charge in [0.1, 0.15) is 5.85 Å². The van der Waals surface area contributed by atoms with Crippen LogP contribution in [0, 0.1) is 5.92 Å². The van der Waals surface area contributed by atoms with Crippen molar-refractivity contribution >= 4 is 25.3 Å². The van der Waals surface area contributed by atoms with Gasteiger partial charge in [-0.3, -0.25) is 9.13 Å². The lowest BCUT2D eigenvalue weighted by atomic mass is 10.1. The zero-order valence-corrected chi connectivity index (χ0v) is 21.1. The van der Waals surface area contributed by atoms with Crippen molar-refractivity contribution in [2.24, 2.45) is 5.92 Å². The van der Waals surface area contributed by atoms with E-state index in [1.807, 2.05) is 32.0 Å². The van der Waals surface area contributed by atoms with Crippen LogP contribution in [0.3, 0.4) is 0 Å². The second kappa shape index (κ2) is 11.4. The van der Waals surface area contributed by atoms with Gasteiger partial charge in [0.25, 0.3) is 14.7 Å². The molecule has 7 heteroatoms. The van der Waals surface area contributed by atoms with E-state index in [0.717, 1.165) is 0 Å². The van der Waals surface area contributed by atoms with Crippen LogP contribution < -0.4 is 10.6 Å². The predicted molar refractivity (Wildman–Crippen MR) is 135 cm³/mol. The molecule has 33 heavy (non-hydrogen) atoms. The summed E-state index contributed by atoms with van der Waals surface area (Å²) in [5, 5.41) is 12.2. The van der Waals surface area contributed by atoms with Gasteiger partial charge in [-0.2, -0.15) is 0 Å². The minimum absolute atomic E-state index is 0.0885. The second-order valence-corrected chi connectivity index (χ2v) is 13.2. The van der Waals surface area contributed by atoms with E-state index in [4.69, 9.17) is 9.05 Å². The standard InChI is InChI=1S/C26H32O5P2/c1-4-30-32(28,23-16-10-6-11-17-23)25(20-21(2)3)31-33(29,24-18-12-7-13-19-24)26(27)22-14-8-5-9-15-22/h5-19,21,25-27H,4,20H2,1-3H3/t25-,26-,32-,33-/m1/s1. The molecule has 0 bridgehead atoms. The Morgan fingerprint density at radius 3 is 1.67 bits per heavy atom. The maximum absolute atomic E-state index is 14.5. The number of hydrogen-bond donors (Lipinski definition) is 1. The molecule has 3 aromatic rings. The van der Waals surface area contributed by atoms with Crippen molar-refractivity contribution in [3.63, 3.8) is 0 Å². The van der Waals surface area contributed by atoms with Gasteiger partial charge in [-0.25, -0.2) is 0 Å². The molecule has 3 aromatic carbocycles. The normalized spacial score (nSPS) is 17.1. The fourth-order valence-corrected chi connectivity index (χ4v) is 9.05. The molecule has 5 nitrogen and oxygen atoms in total. The predicted octanol–water partition coefficient (Wildman–Crippen LogP) is 6.31. The van der Waals surface area contributed by atoms with Crippen molar-refractivity contribution in [2.45, 2.75) is 38.9 Å². The first kappa shape index (κ1) is 25.6. The van der Waals surface area contributed by atoms with Crippen LogP contribution >= 0.6 is 14.7 Å². The molecule has 0 saturated carbocycles. The highest BCUT2D eigenvalue weighted by Crippen LogP contribution is 2.65. The lowest BCUT2D eigenvalue weighted by molar-refractivity contribution is 0.179. The van der Waals surface area contributed by atoms with Crippen LogP contribution in [0.2, 0.25) is 0 Å². The largest absolute Gasteiger partial charge is 0.378 e. The van der Waals surface area contributed by atoms with E-state index in [0.29, 0.717) is 22.6 Å². The summed E-state index contributed by atoms with van der Waals surface area (Å²) in [7, 11) is -7.52. The highest BCUT2D eigenvalue weighted by Gasteiger charge is 2.46. The van der Waals surface area contributed by atoms with Crippen molar-refractivity contribution in [1.82, 2.24) is 0 Å². The molecule has 0 unspecified atom stereocenters. The monoisotopic (exact) mass is 486 g/mol. The number of rotatable bonds is 11. The molecular weight excluding hydrogens is 454 g/mol. The van der Waals surface area contributed by atoms with Crippen molar-refractivity contribution in [1.29, 1.82) is 0 Å². The Labute approximate surface area is 196 Å². The van der Waals surface area contributed by atoms with Crippen LogP contribution in [-0.4, -0.2) is 17.6 Å². The molecule has 176 valence electrons. The van der Waals surface area contributed by atoms with Crippen molar-refractivity contribution in [2.75, 3.05) is 6.61 Å². The van der Waals surface area contributed by atoms with Gasteiger partial charge in [-0.15, -0.1) is 0 Å². The van der Waals surface area contributed by atoms with Gasteiger partial charge in [0.2, 0.25) is 0 Å². The van der Waals surface area contributed by atoms with E-state index in [-0.39, 0.29) is 12.5 Å². The van der Waals surface area contributed by atoms with E-state index in [1.165, 1.54) is 0 Å². The smallest absolute Gasteiger partial charge is 0.264 e. The zero-order valence-electron chi connectivity index (χ0n) is 19.3. The molecule has 0 spiro atoms. The molecule has 3 rings (SSSR count). The minimum Gasteiger partial charge on any atom is -0.378 e. The summed E-state index contributed by atoms with van der Waals surface area (Å²) in [6.45, 7) is 5.95. The van der Waals surface area contributed by atoms with Gasteiger partial charge in [0, 0.05) is 10.6 Å². The fraction of sp³-hybridized carbons (Fsp3) is 0.308. The lowest BCUT2D eigenvalue weighted by Gasteiger charge is -2.34. The maximum atomic E-state index is 14.5. The Bertz CT molecular complexity index is 1090. The lowest BCUT2D eigenvalue weighted by Crippen LogP contribution is -2.27. The average molecular weight is 486 g/mol. The molecule has 0 aliphatic heterocycles. The van der Waals surface area contributed by atoms with Crippen molar-refractivity contribution in [3.8, 4) is 0 Å². The first-order valence-corrected chi connectivity index (χ1v) is 14.6. The topological polar surface area (TPSA) is 72.8 Å². The third-order valence-corrected chi connectivity index (χ3v) is 10.7. The fourth-order valence-electron chi connectivity index (χ4n) is 3.70. The third-order valence-electron chi connectivity index (χ3n) is 5.30. The Morgan fingerprint density at radius 1 is 0.758 bits per heavy atom. The number of hydrogen-bond acceptors (Lipinski definition) is 5. The summed E-state index contributed by atoms with van der Waals surface area (Å²) >= 11 is 0. The highest BCUT2D eigenvalue weighted by molar-refractivity contribution is 7.70. The second-order valence-electron chi connectivity index (χ2n) is 8.26. The molecule has 0 heterocycles. The van der Waals surface area contributed by atoms with Gasteiger partial charge in [0.05, 0.1) is 6.61 Å². The van der Waals surface area contributed by atoms with Gasteiger partial charge in [-0.1, -0.05) is 80.6 Å².